The minimum Gasteiger partial charge on any atom is -0.546 e. The zero-order chi connectivity index (χ0) is 18.2. The van der Waals surface area contributed by atoms with Crippen LogP contribution in [0.1, 0.15) is 15.9 Å². The Labute approximate surface area is 152 Å². The number of hydrogen-bond donors (Lipinski definition) is 1. The van der Waals surface area contributed by atoms with Crippen LogP contribution < -0.4 is 20.0 Å². The molecule has 0 aliphatic carbocycles. The van der Waals surface area contributed by atoms with Crippen molar-refractivity contribution < 1.29 is 24.2 Å². The lowest BCUT2D eigenvalue weighted by molar-refractivity contribution is -0.307. The topological polar surface area (TPSA) is 100 Å². The first-order valence-corrected chi connectivity index (χ1v) is 7.88. The lowest BCUT2D eigenvalue weighted by Crippen LogP contribution is -2.29. The van der Waals surface area contributed by atoms with Gasteiger partial charge in [-0.2, -0.15) is 5.10 Å². The average Bonchev–Trinajstić information content (AvgIpc) is 2.61. The van der Waals surface area contributed by atoms with Gasteiger partial charge in [-0.15, -0.1) is 0 Å². The zero-order valence-corrected chi connectivity index (χ0v) is 14.8. The van der Waals surface area contributed by atoms with Gasteiger partial charge in [0.15, 0.2) is 0 Å². The van der Waals surface area contributed by atoms with Crippen molar-refractivity contribution in [1.82, 2.24) is 5.43 Å². The van der Waals surface area contributed by atoms with Crippen molar-refractivity contribution in [1.29, 1.82) is 0 Å². The van der Waals surface area contributed by atoms with Crippen LogP contribution in [-0.4, -0.2) is 31.8 Å². The first-order valence-electron chi connectivity index (χ1n) is 7.09. The van der Waals surface area contributed by atoms with Crippen molar-refractivity contribution >= 4 is 34.0 Å². The van der Waals surface area contributed by atoms with E-state index in [4.69, 9.17) is 9.47 Å². The Kier molecular flexibility index (Phi) is 6.53. The van der Waals surface area contributed by atoms with Crippen molar-refractivity contribution in [2.24, 2.45) is 5.10 Å². The summed E-state index contributed by atoms with van der Waals surface area (Å²) in [4.78, 5) is 22.5. The number of aliphatic carboxylic acids is 1. The molecule has 0 fully saturated rings. The molecule has 2 aromatic carbocycles. The molecule has 25 heavy (non-hydrogen) atoms. The van der Waals surface area contributed by atoms with Gasteiger partial charge in [-0.25, -0.2) is 5.43 Å². The minimum absolute atomic E-state index is 0.301. The summed E-state index contributed by atoms with van der Waals surface area (Å²) < 4.78 is 10.9. The molecule has 0 saturated heterocycles. The number of nitrogens with one attached hydrogen (secondary N) is 1. The molecule has 0 unspecified atom stereocenters. The molecule has 2 aromatic rings. The summed E-state index contributed by atoms with van der Waals surface area (Å²) >= 11 is 3.30. The van der Waals surface area contributed by atoms with Crippen LogP contribution >= 0.6 is 15.9 Å². The van der Waals surface area contributed by atoms with Gasteiger partial charge >= 0.3 is 0 Å². The van der Waals surface area contributed by atoms with E-state index in [1.165, 1.54) is 13.3 Å². The molecule has 1 amide bonds. The standard InChI is InChI=1S/C17H15BrN2O5/c1-24-14-5-2-11(3-6-14)17(23)20-19-9-12-8-13(18)4-7-15(12)25-10-16(21)22/h2-9H,10H2,1H3,(H,20,23)(H,21,22)/p-1/b19-9-. The fourth-order valence-electron chi connectivity index (χ4n) is 1.86. The highest BCUT2D eigenvalue weighted by Gasteiger charge is 2.06. The molecule has 0 bridgehead atoms. The van der Waals surface area contributed by atoms with E-state index in [0.29, 0.717) is 22.6 Å². The lowest BCUT2D eigenvalue weighted by atomic mass is 10.2. The van der Waals surface area contributed by atoms with Crippen LogP contribution in [-0.2, 0) is 4.79 Å². The van der Waals surface area contributed by atoms with Crippen LogP contribution in [0.4, 0.5) is 0 Å². The number of methoxy groups -OCH3 is 1. The summed E-state index contributed by atoms with van der Waals surface area (Å²) in [5.41, 5.74) is 3.30. The van der Waals surface area contributed by atoms with E-state index < -0.39 is 18.5 Å². The summed E-state index contributed by atoms with van der Waals surface area (Å²) in [5.74, 6) is -0.788. The second-order valence-corrected chi connectivity index (χ2v) is 5.69. The molecule has 2 rings (SSSR count). The number of hydrogen-bond acceptors (Lipinski definition) is 6. The number of carbonyl (C=O) groups is 2. The van der Waals surface area contributed by atoms with Crippen LogP contribution in [0.2, 0.25) is 0 Å². The van der Waals surface area contributed by atoms with Crippen LogP contribution in [0, 0.1) is 0 Å². The average molecular weight is 406 g/mol. The van der Waals surface area contributed by atoms with Gasteiger partial charge in [0, 0.05) is 15.6 Å². The third-order valence-electron chi connectivity index (χ3n) is 3.04. The SMILES string of the molecule is COc1ccc(C(=O)N/N=C\c2cc(Br)ccc2OCC(=O)[O-])cc1. The first kappa shape index (κ1) is 18.5. The van der Waals surface area contributed by atoms with Gasteiger partial charge in [0.1, 0.15) is 18.1 Å². The van der Waals surface area contributed by atoms with Gasteiger partial charge in [0.2, 0.25) is 0 Å². The summed E-state index contributed by atoms with van der Waals surface area (Å²) in [7, 11) is 1.54. The molecule has 0 spiro atoms. The fraction of sp³-hybridized carbons (Fsp3) is 0.118. The predicted molar refractivity (Wildman–Crippen MR) is 92.7 cm³/mol. The summed E-state index contributed by atoms with van der Waals surface area (Å²) in [5, 5.41) is 14.4. The highest BCUT2D eigenvalue weighted by molar-refractivity contribution is 9.10. The number of benzene rings is 2. The van der Waals surface area contributed by atoms with Gasteiger partial charge in [-0.1, -0.05) is 15.9 Å². The maximum atomic E-state index is 12.0. The van der Waals surface area contributed by atoms with Gasteiger partial charge in [-0.3, -0.25) is 4.79 Å². The molecule has 0 saturated carbocycles. The molecular weight excluding hydrogens is 392 g/mol. The predicted octanol–water partition coefficient (Wildman–Crippen LogP) is 1.35. The number of nitrogens with zero attached hydrogens (tertiary/aromatic N) is 1. The van der Waals surface area contributed by atoms with E-state index in [1.807, 2.05) is 0 Å². The Bertz CT molecular complexity index is 790. The molecule has 8 heteroatoms. The highest BCUT2D eigenvalue weighted by atomic mass is 79.9. The summed E-state index contributed by atoms with van der Waals surface area (Å²) in [6, 6.07) is 11.5. The molecular formula is C17H14BrN2O5-. The number of amides is 1. The maximum Gasteiger partial charge on any atom is 0.271 e. The van der Waals surface area contributed by atoms with Crippen molar-refractivity contribution in [2.45, 2.75) is 0 Å². The van der Waals surface area contributed by atoms with Crippen molar-refractivity contribution in [3.63, 3.8) is 0 Å². The Morgan fingerprint density at radius 1 is 1.24 bits per heavy atom. The van der Waals surface area contributed by atoms with Gasteiger partial charge in [-0.05, 0) is 42.5 Å². The molecule has 0 atom stereocenters. The number of carboxylic acid groups (broad SMARTS) is 1. The smallest absolute Gasteiger partial charge is 0.271 e. The number of ether oxygens (including phenoxy) is 2. The van der Waals surface area contributed by atoms with E-state index in [9.17, 15) is 14.7 Å². The Balaban J connectivity index is 2.06. The lowest BCUT2D eigenvalue weighted by Gasteiger charge is -2.09. The number of rotatable bonds is 7. The zero-order valence-electron chi connectivity index (χ0n) is 13.2. The third-order valence-corrected chi connectivity index (χ3v) is 3.53. The van der Waals surface area contributed by atoms with E-state index in [2.05, 4.69) is 26.5 Å². The Morgan fingerprint density at radius 3 is 2.60 bits per heavy atom. The van der Waals surface area contributed by atoms with Gasteiger partial charge in [0.25, 0.3) is 5.91 Å². The molecule has 0 aliphatic heterocycles. The molecule has 130 valence electrons. The van der Waals surface area contributed by atoms with E-state index in [-0.39, 0.29) is 0 Å². The molecule has 7 nitrogen and oxygen atoms in total. The number of carbonyl (C=O) groups excluding carboxylic acids is 2. The van der Waals surface area contributed by atoms with Crippen molar-refractivity contribution in [3.8, 4) is 11.5 Å². The normalized spacial score (nSPS) is 10.5. The monoisotopic (exact) mass is 405 g/mol. The molecule has 0 aliphatic rings. The van der Waals surface area contributed by atoms with Crippen LogP contribution in [0.5, 0.6) is 11.5 Å². The quantitative estimate of drug-likeness (QED) is 0.553. The van der Waals surface area contributed by atoms with Crippen molar-refractivity contribution in [2.75, 3.05) is 13.7 Å². The van der Waals surface area contributed by atoms with E-state index >= 15 is 0 Å². The van der Waals surface area contributed by atoms with Crippen LogP contribution in [0.25, 0.3) is 0 Å². The van der Waals surface area contributed by atoms with Gasteiger partial charge in [0.05, 0.1) is 19.3 Å². The summed E-state index contributed by atoms with van der Waals surface area (Å²) in [6.45, 7) is -0.583. The van der Waals surface area contributed by atoms with Crippen molar-refractivity contribution in [3.05, 3.63) is 58.1 Å². The largest absolute Gasteiger partial charge is 0.546 e. The van der Waals surface area contributed by atoms with Crippen LogP contribution in [0.15, 0.2) is 52.0 Å². The van der Waals surface area contributed by atoms with Gasteiger partial charge < -0.3 is 19.4 Å². The van der Waals surface area contributed by atoms with Crippen LogP contribution in [0.3, 0.4) is 0 Å². The molecule has 0 radical (unpaired) electrons. The number of carboxylic acids is 1. The fourth-order valence-corrected chi connectivity index (χ4v) is 2.23. The second-order valence-electron chi connectivity index (χ2n) is 4.77. The van der Waals surface area contributed by atoms with E-state index in [0.717, 1.165) is 4.47 Å². The molecule has 1 N–H and O–H groups in total. The second kappa shape index (κ2) is 8.84. The minimum atomic E-state index is -1.33. The molecule has 0 heterocycles. The Morgan fingerprint density at radius 2 is 1.96 bits per heavy atom. The Hall–Kier alpha value is -2.87. The highest BCUT2D eigenvalue weighted by Crippen LogP contribution is 2.21. The van der Waals surface area contributed by atoms with E-state index in [1.54, 1.807) is 42.5 Å². The number of hydrazone groups is 1. The summed E-state index contributed by atoms with van der Waals surface area (Å²) in [6.07, 6.45) is 1.36. The third kappa shape index (κ3) is 5.61. The number of halogens is 1. The maximum absolute atomic E-state index is 12.0. The molecule has 0 aromatic heterocycles. The first-order chi connectivity index (χ1) is 12.0.